The summed E-state index contributed by atoms with van der Waals surface area (Å²) in [5.41, 5.74) is 9.20. The van der Waals surface area contributed by atoms with Crippen molar-refractivity contribution in [3.63, 3.8) is 0 Å². The predicted molar refractivity (Wildman–Crippen MR) is 83.1 cm³/mol. The minimum absolute atomic E-state index is 0.0476. The van der Waals surface area contributed by atoms with Gasteiger partial charge in [-0.05, 0) is 52.7 Å². The average molecular weight is 320 g/mol. The van der Waals surface area contributed by atoms with E-state index in [9.17, 15) is 0 Å². The van der Waals surface area contributed by atoms with Crippen molar-refractivity contribution in [1.82, 2.24) is 4.98 Å². The second-order valence-electron chi connectivity index (χ2n) is 4.68. The van der Waals surface area contributed by atoms with Gasteiger partial charge < -0.3 is 10.6 Å². The van der Waals surface area contributed by atoms with Crippen LogP contribution in [0.5, 0.6) is 0 Å². The van der Waals surface area contributed by atoms with E-state index in [0.29, 0.717) is 0 Å². The van der Waals surface area contributed by atoms with E-state index >= 15 is 0 Å². The second-order valence-corrected chi connectivity index (χ2v) is 5.53. The fraction of sp³-hybridized carbons (Fsp3) is 0.267. The predicted octanol–water partition coefficient (Wildman–Crippen LogP) is 3.50. The molecule has 0 unspecified atom stereocenters. The molecule has 0 amide bonds. The van der Waals surface area contributed by atoms with E-state index in [0.717, 1.165) is 28.0 Å². The van der Waals surface area contributed by atoms with Gasteiger partial charge in [-0.1, -0.05) is 12.1 Å². The molecular formula is C15H18BrN3. The molecule has 1 heterocycles. The van der Waals surface area contributed by atoms with Gasteiger partial charge in [0.05, 0.1) is 17.9 Å². The molecule has 0 aliphatic rings. The third kappa shape index (κ3) is 3.55. The summed E-state index contributed by atoms with van der Waals surface area (Å²) in [4.78, 5) is 6.51. The van der Waals surface area contributed by atoms with Crippen molar-refractivity contribution in [2.24, 2.45) is 5.73 Å². The zero-order valence-electron chi connectivity index (χ0n) is 11.2. The number of hydrogen-bond acceptors (Lipinski definition) is 3. The lowest BCUT2D eigenvalue weighted by atomic mass is 10.1. The van der Waals surface area contributed by atoms with Gasteiger partial charge in [0.25, 0.3) is 0 Å². The Morgan fingerprint density at radius 1 is 1.32 bits per heavy atom. The van der Waals surface area contributed by atoms with Crippen molar-refractivity contribution in [2.45, 2.75) is 19.5 Å². The molecule has 100 valence electrons. The topological polar surface area (TPSA) is 42.1 Å². The standard InChI is InChI=1S/C15H18BrN3/c1-11(17)12-6-7-15(14(16)9-12)19(2)10-13-5-3-4-8-18-13/h3-9,11H,10,17H2,1-2H3/t11-/m0/s1. The van der Waals surface area contributed by atoms with Crippen molar-refractivity contribution in [3.05, 3.63) is 58.3 Å². The van der Waals surface area contributed by atoms with E-state index in [-0.39, 0.29) is 6.04 Å². The van der Waals surface area contributed by atoms with Crippen LogP contribution >= 0.6 is 15.9 Å². The number of benzene rings is 1. The van der Waals surface area contributed by atoms with Gasteiger partial charge in [0.2, 0.25) is 0 Å². The molecule has 2 aromatic rings. The van der Waals surface area contributed by atoms with E-state index in [4.69, 9.17) is 5.73 Å². The monoisotopic (exact) mass is 319 g/mol. The highest BCUT2D eigenvalue weighted by atomic mass is 79.9. The van der Waals surface area contributed by atoms with Crippen LogP contribution in [0.1, 0.15) is 24.2 Å². The number of pyridine rings is 1. The Hall–Kier alpha value is -1.39. The number of anilines is 1. The third-order valence-corrected chi connectivity index (χ3v) is 3.67. The molecule has 0 fully saturated rings. The summed E-state index contributed by atoms with van der Waals surface area (Å²) in [7, 11) is 2.06. The summed E-state index contributed by atoms with van der Waals surface area (Å²) in [6.45, 7) is 2.76. The first-order chi connectivity index (χ1) is 9.08. The van der Waals surface area contributed by atoms with Gasteiger partial charge in [-0.3, -0.25) is 4.98 Å². The molecule has 2 N–H and O–H groups in total. The number of rotatable bonds is 4. The highest BCUT2D eigenvalue weighted by Crippen LogP contribution is 2.29. The van der Waals surface area contributed by atoms with Crippen LogP contribution in [0.4, 0.5) is 5.69 Å². The third-order valence-electron chi connectivity index (χ3n) is 3.03. The number of halogens is 1. The first-order valence-corrected chi connectivity index (χ1v) is 7.03. The first kappa shape index (κ1) is 14.0. The van der Waals surface area contributed by atoms with E-state index in [1.54, 1.807) is 0 Å². The van der Waals surface area contributed by atoms with Crippen LogP contribution in [0.25, 0.3) is 0 Å². The smallest absolute Gasteiger partial charge is 0.0599 e. The van der Waals surface area contributed by atoms with Crippen molar-refractivity contribution in [1.29, 1.82) is 0 Å². The highest BCUT2D eigenvalue weighted by Gasteiger charge is 2.09. The molecule has 0 saturated heterocycles. The Balaban J connectivity index is 2.17. The van der Waals surface area contributed by atoms with Gasteiger partial charge in [-0.2, -0.15) is 0 Å². The molecule has 1 atom stereocenters. The van der Waals surface area contributed by atoms with Gasteiger partial charge in [0, 0.05) is 23.8 Å². The summed E-state index contributed by atoms with van der Waals surface area (Å²) in [5, 5.41) is 0. The lowest BCUT2D eigenvalue weighted by Crippen LogP contribution is -2.18. The number of aromatic nitrogens is 1. The number of hydrogen-bond donors (Lipinski definition) is 1. The van der Waals surface area contributed by atoms with Crippen molar-refractivity contribution >= 4 is 21.6 Å². The molecular weight excluding hydrogens is 302 g/mol. The van der Waals surface area contributed by atoms with E-state index in [1.165, 1.54) is 0 Å². The largest absolute Gasteiger partial charge is 0.368 e. The molecule has 0 radical (unpaired) electrons. The van der Waals surface area contributed by atoms with Gasteiger partial charge in [0.15, 0.2) is 0 Å². The maximum Gasteiger partial charge on any atom is 0.0599 e. The van der Waals surface area contributed by atoms with Crippen LogP contribution in [0.15, 0.2) is 47.1 Å². The Morgan fingerprint density at radius 3 is 2.68 bits per heavy atom. The summed E-state index contributed by atoms with van der Waals surface area (Å²) in [6, 6.07) is 12.2. The molecule has 0 saturated carbocycles. The highest BCUT2D eigenvalue weighted by molar-refractivity contribution is 9.10. The Bertz CT molecular complexity index is 540. The quantitative estimate of drug-likeness (QED) is 0.937. The molecule has 1 aromatic heterocycles. The van der Waals surface area contributed by atoms with Gasteiger partial charge in [-0.25, -0.2) is 0 Å². The Morgan fingerprint density at radius 2 is 2.11 bits per heavy atom. The fourth-order valence-electron chi connectivity index (χ4n) is 1.94. The zero-order chi connectivity index (χ0) is 13.8. The van der Waals surface area contributed by atoms with Crippen LogP contribution < -0.4 is 10.6 Å². The Kier molecular flexibility index (Phi) is 4.56. The Labute approximate surface area is 122 Å². The zero-order valence-corrected chi connectivity index (χ0v) is 12.8. The summed E-state index contributed by atoms with van der Waals surface area (Å²) in [6.07, 6.45) is 1.82. The van der Waals surface area contributed by atoms with Gasteiger partial charge in [-0.15, -0.1) is 0 Å². The summed E-state index contributed by atoms with van der Waals surface area (Å²) < 4.78 is 1.06. The van der Waals surface area contributed by atoms with Crippen LogP contribution in [0.3, 0.4) is 0 Å². The molecule has 0 aliphatic heterocycles. The lowest BCUT2D eigenvalue weighted by molar-refractivity contribution is 0.815. The van der Waals surface area contributed by atoms with Crippen LogP contribution in [-0.2, 0) is 6.54 Å². The molecule has 3 nitrogen and oxygen atoms in total. The van der Waals surface area contributed by atoms with Gasteiger partial charge >= 0.3 is 0 Å². The molecule has 0 bridgehead atoms. The maximum atomic E-state index is 5.89. The lowest BCUT2D eigenvalue weighted by Gasteiger charge is -2.21. The molecule has 19 heavy (non-hydrogen) atoms. The molecule has 2 rings (SSSR count). The number of nitrogens with two attached hydrogens (primary N) is 1. The van der Waals surface area contributed by atoms with Crippen molar-refractivity contribution in [3.8, 4) is 0 Å². The van der Waals surface area contributed by atoms with E-state index in [1.807, 2.05) is 31.3 Å². The van der Waals surface area contributed by atoms with Crippen molar-refractivity contribution in [2.75, 3.05) is 11.9 Å². The summed E-state index contributed by atoms with van der Waals surface area (Å²) >= 11 is 3.61. The fourth-order valence-corrected chi connectivity index (χ4v) is 2.63. The SMILES string of the molecule is C[C@H](N)c1ccc(N(C)Cc2ccccn2)c(Br)c1. The second kappa shape index (κ2) is 6.17. The first-order valence-electron chi connectivity index (χ1n) is 6.24. The van der Waals surface area contributed by atoms with Crippen molar-refractivity contribution < 1.29 is 0 Å². The maximum absolute atomic E-state index is 5.89. The molecule has 0 spiro atoms. The minimum atomic E-state index is 0.0476. The normalized spacial score (nSPS) is 12.2. The average Bonchev–Trinajstić information content (AvgIpc) is 2.39. The number of nitrogens with zero attached hydrogens (tertiary/aromatic N) is 2. The van der Waals surface area contributed by atoms with Crippen LogP contribution in [-0.4, -0.2) is 12.0 Å². The van der Waals surface area contributed by atoms with Gasteiger partial charge in [0.1, 0.15) is 0 Å². The molecule has 4 heteroatoms. The summed E-state index contributed by atoms with van der Waals surface area (Å²) in [5.74, 6) is 0. The van der Waals surface area contributed by atoms with Crippen LogP contribution in [0.2, 0.25) is 0 Å². The van der Waals surface area contributed by atoms with E-state index in [2.05, 4.69) is 51.1 Å². The van der Waals surface area contributed by atoms with E-state index < -0.39 is 0 Å². The molecule has 0 aliphatic carbocycles. The van der Waals surface area contributed by atoms with Crippen LogP contribution in [0, 0.1) is 0 Å². The minimum Gasteiger partial charge on any atom is -0.368 e. The molecule has 1 aromatic carbocycles.